The second kappa shape index (κ2) is 5.09. The molecule has 0 amide bonds. The van der Waals surface area contributed by atoms with Crippen LogP contribution in [0.2, 0.25) is 0 Å². The summed E-state index contributed by atoms with van der Waals surface area (Å²) in [5.41, 5.74) is 5.01. The van der Waals surface area contributed by atoms with Crippen LogP contribution < -0.4 is 10.6 Å². The van der Waals surface area contributed by atoms with Crippen molar-refractivity contribution < 1.29 is 18.7 Å². The fraction of sp³-hybridized carbons (Fsp3) is 0.364. The first-order valence-corrected chi connectivity index (χ1v) is 4.98. The first-order valence-electron chi connectivity index (χ1n) is 4.98. The highest BCUT2D eigenvalue weighted by Crippen LogP contribution is 2.31. The number of anilines is 1. The fourth-order valence-corrected chi connectivity index (χ4v) is 1.68. The van der Waals surface area contributed by atoms with Crippen molar-refractivity contribution in [1.82, 2.24) is 0 Å². The van der Waals surface area contributed by atoms with Crippen molar-refractivity contribution in [2.45, 2.75) is 5.92 Å². The topological polar surface area (TPSA) is 66.6 Å². The minimum atomic E-state index is -1.28. The summed E-state index contributed by atoms with van der Waals surface area (Å²) in [6, 6.07) is 1.87. The van der Waals surface area contributed by atoms with Gasteiger partial charge in [0, 0.05) is 26.2 Å². The number of carboxylic acid groups (broad SMARTS) is 1. The van der Waals surface area contributed by atoms with Gasteiger partial charge in [0.25, 0.3) is 0 Å². The summed E-state index contributed by atoms with van der Waals surface area (Å²) in [5, 5.41) is 8.96. The lowest BCUT2D eigenvalue weighted by Crippen LogP contribution is -2.26. The normalized spacial score (nSPS) is 12.3. The molecule has 0 radical (unpaired) electrons. The number of carboxylic acids is 1. The largest absolute Gasteiger partial charge is 0.481 e. The van der Waals surface area contributed by atoms with Crippen LogP contribution in [0.25, 0.3) is 0 Å². The summed E-state index contributed by atoms with van der Waals surface area (Å²) in [4.78, 5) is 12.3. The van der Waals surface area contributed by atoms with Crippen molar-refractivity contribution >= 4 is 11.7 Å². The van der Waals surface area contributed by atoms with Gasteiger partial charge < -0.3 is 15.7 Å². The predicted octanol–water partition coefficient (Wildman–Crippen LogP) is 1.16. The molecule has 1 aromatic rings. The first kappa shape index (κ1) is 13.4. The van der Waals surface area contributed by atoms with Crippen LogP contribution in [0.3, 0.4) is 0 Å². The number of aliphatic carboxylic acids is 1. The molecular formula is C11H14F2N2O2. The molecule has 0 aliphatic carbocycles. The average Bonchev–Trinajstić information content (AvgIpc) is 2.23. The Hall–Kier alpha value is -1.69. The van der Waals surface area contributed by atoms with Gasteiger partial charge in [-0.2, -0.15) is 0 Å². The van der Waals surface area contributed by atoms with Crippen LogP contribution in [0.1, 0.15) is 11.5 Å². The summed E-state index contributed by atoms with van der Waals surface area (Å²) in [6.07, 6.45) is 0. The first-order chi connectivity index (χ1) is 7.90. The van der Waals surface area contributed by atoms with Crippen LogP contribution in [0.4, 0.5) is 14.5 Å². The standard InChI is InChI=1S/C11H14F2N2O2/c1-15(2)10-8(13)4-3-7(12)9(10)6(5-14)11(16)17/h3-4,6H,5,14H2,1-2H3,(H,16,17). The Bertz CT molecular complexity index is 436. The van der Waals surface area contributed by atoms with E-state index in [4.69, 9.17) is 10.8 Å². The maximum absolute atomic E-state index is 13.7. The number of nitrogens with zero attached hydrogens (tertiary/aromatic N) is 1. The number of nitrogens with two attached hydrogens (primary N) is 1. The smallest absolute Gasteiger partial charge is 0.312 e. The number of halogens is 2. The predicted molar refractivity (Wildman–Crippen MR) is 60.1 cm³/mol. The van der Waals surface area contributed by atoms with Gasteiger partial charge in [-0.1, -0.05) is 0 Å². The molecule has 0 fully saturated rings. The Labute approximate surface area is 97.6 Å². The minimum absolute atomic E-state index is 0.0807. The number of hydrogen-bond acceptors (Lipinski definition) is 3. The van der Waals surface area contributed by atoms with E-state index < -0.39 is 23.5 Å². The van der Waals surface area contributed by atoms with Gasteiger partial charge >= 0.3 is 5.97 Å². The molecule has 0 aliphatic rings. The van der Waals surface area contributed by atoms with Crippen molar-refractivity contribution in [2.75, 3.05) is 25.5 Å². The molecular weight excluding hydrogens is 230 g/mol. The monoisotopic (exact) mass is 244 g/mol. The van der Waals surface area contributed by atoms with Crippen molar-refractivity contribution in [3.63, 3.8) is 0 Å². The molecule has 1 aromatic carbocycles. The third-order valence-corrected chi connectivity index (χ3v) is 2.44. The summed E-state index contributed by atoms with van der Waals surface area (Å²) >= 11 is 0. The van der Waals surface area contributed by atoms with Crippen LogP contribution in [0.15, 0.2) is 12.1 Å². The van der Waals surface area contributed by atoms with Crippen LogP contribution in [0, 0.1) is 11.6 Å². The third-order valence-electron chi connectivity index (χ3n) is 2.44. The van der Waals surface area contributed by atoms with Gasteiger partial charge in [0.2, 0.25) is 0 Å². The molecule has 0 saturated carbocycles. The number of hydrogen-bond donors (Lipinski definition) is 2. The van der Waals surface area contributed by atoms with E-state index in [0.717, 1.165) is 12.1 Å². The lowest BCUT2D eigenvalue weighted by atomic mass is 9.96. The molecule has 1 rings (SSSR count). The van der Waals surface area contributed by atoms with Crippen LogP contribution in [-0.4, -0.2) is 31.7 Å². The van der Waals surface area contributed by atoms with Gasteiger partial charge in [-0.15, -0.1) is 0 Å². The molecule has 1 unspecified atom stereocenters. The number of benzene rings is 1. The Balaban J connectivity index is 3.48. The fourth-order valence-electron chi connectivity index (χ4n) is 1.68. The van der Waals surface area contributed by atoms with Crippen molar-refractivity contribution in [3.8, 4) is 0 Å². The Morgan fingerprint density at radius 2 is 1.94 bits per heavy atom. The molecule has 0 spiro atoms. The molecule has 0 bridgehead atoms. The van der Waals surface area contributed by atoms with E-state index in [0.29, 0.717) is 0 Å². The molecule has 0 aromatic heterocycles. The summed E-state index contributed by atoms with van der Waals surface area (Å²) in [6.45, 7) is -0.295. The van der Waals surface area contributed by atoms with Crippen LogP contribution >= 0.6 is 0 Å². The molecule has 0 aliphatic heterocycles. The SMILES string of the molecule is CN(C)c1c(F)ccc(F)c1C(CN)C(=O)O. The Morgan fingerprint density at radius 3 is 2.35 bits per heavy atom. The van der Waals surface area contributed by atoms with Crippen molar-refractivity contribution in [1.29, 1.82) is 0 Å². The van der Waals surface area contributed by atoms with Gasteiger partial charge in [0.05, 0.1) is 11.6 Å². The molecule has 3 N–H and O–H groups in total. The lowest BCUT2D eigenvalue weighted by molar-refractivity contribution is -0.138. The Kier molecular flexibility index (Phi) is 4.01. The van der Waals surface area contributed by atoms with Crippen LogP contribution in [-0.2, 0) is 4.79 Å². The lowest BCUT2D eigenvalue weighted by Gasteiger charge is -2.22. The van der Waals surface area contributed by atoms with E-state index in [9.17, 15) is 13.6 Å². The second-order valence-electron chi connectivity index (χ2n) is 3.81. The highest BCUT2D eigenvalue weighted by Gasteiger charge is 2.27. The van der Waals surface area contributed by atoms with E-state index in [1.165, 1.54) is 19.0 Å². The van der Waals surface area contributed by atoms with Crippen molar-refractivity contribution in [2.24, 2.45) is 5.73 Å². The summed E-state index contributed by atoms with van der Waals surface area (Å²) in [7, 11) is 3.02. The third kappa shape index (κ3) is 2.52. The quantitative estimate of drug-likeness (QED) is 0.834. The number of rotatable bonds is 4. The van der Waals surface area contributed by atoms with Gasteiger partial charge in [0.15, 0.2) is 0 Å². The van der Waals surface area contributed by atoms with E-state index in [1.807, 2.05) is 0 Å². The van der Waals surface area contributed by atoms with E-state index >= 15 is 0 Å². The molecule has 6 heteroatoms. The van der Waals surface area contributed by atoms with Gasteiger partial charge in [-0.3, -0.25) is 4.79 Å². The zero-order valence-electron chi connectivity index (χ0n) is 9.58. The molecule has 0 saturated heterocycles. The highest BCUT2D eigenvalue weighted by molar-refractivity contribution is 5.79. The van der Waals surface area contributed by atoms with Gasteiger partial charge in [0.1, 0.15) is 11.6 Å². The van der Waals surface area contributed by atoms with Gasteiger partial charge in [-0.25, -0.2) is 8.78 Å². The van der Waals surface area contributed by atoms with E-state index in [-0.39, 0.29) is 17.8 Å². The van der Waals surface area contributed by atoms with E-state index in [2.05, 4.69) is 0 Å². The molecule has 94 valence electrons. The number of carbonyl (C=O) groups is 1. The minimum Gasteiger partial charge on any atom is -0.481 e. The molecule has 17 heavy (non-hydrogen) atoms. The molecule has 1 atom stereocenters. The zero-order chi connectivity index (χ0) is 13.2. The zero-order valence-corrected chi connectivity index (χ0v) is 9.58. The van der Waals surface area contributed by atoms with E-state index in [1.54, 1.807) is 0 Å². The molecule has 4 nitrogen and oxygen atoms in total. The summed E-state index contributed by atoms with van der Waals surface area (Å²) < 4.78 is 27.3. The summed E-state index contributed by atoms with van der Waals surface area (Å²) in [5.74, 6) is -3.98. The maximum Gasteiger partial charge on any atom is 0.312 e. The average molecular weight is 244 g/mol. The Morgan fingerprint density at radius 1 is 1.41 bits per heavy atom. The van der Waals surface area contributed by atoms with Crippen LogP contribution in [0.5, 0.6) is 0 Å². The van der Waals surface area contributed by atoms with Gasteiger partial charge in [-0.05, 0) is 12.1 Å². The molecule has 0 heterocycles. The second-order valence-corrected chi connectivity index (χ2v) is 3.81. The van der Waals surface area contributed by atoms with Crippen molar-refractivity contribution in [3.05, 3.63) is 29.3 Å². The maximum atomic E-state index is 13.7. The highest BCUT2D eigenvalue weighted by atomic mass is 19.1.